The van der Waals surface area contributed by atoms with Gasteiger partial charge in [0.15, 0.2) is 6.61 Å². The van der Waals surface area contributed by atoms with E-state index in [9.17, 15) is 13.2 Å². The van der Waals surface area contributed by atoms with E-state index in [1.54, 1.807) is 30.5 Å². The summed E-state index contributed by atoms with van der Waals surface area (Å²) in [6.07, 6.45) is -0.220. The Bertz CT molecular complexity index is 650. The number of likely N-dealkylation sites (tertiary alicyclic amines) is 1. The first-order valence-electron chi connectivity index (χ1n) is 8.78. The third-order valence-electron chi connectivity index (χ3n) is 4.45. The highest BCUT2D eigenvalue weighted by molar-refractivity contribution is 5.27. The average Bonchev–Trinajstić information content (AvgIpc) is 3.31. The molecule has 1 aliphatic heterocycles. The summed E-state index contributed by atoms with van der Waals surface area (Å²) in [6.45, 7) is 2.24. The van der Waals surface area contributed by atoms with Crippen LogP contribution in [0.5, 0.6) is 5.75 Å². The van der Waals surface area contributed by atoms with E-state index in [-0.39, 0.29) is 11.8 Å². The topological polar surface area (TPSA) is 37.6 Å². The minimum absolute atomic E-state index is 0.196. The van der Waals surface area contributed by atoms with Crippen molar-refractivity contribution in [3.63, 3.8) is 0 Å². The molecule has 0 amide bonds. The summed E-state index contributed by atoms with van der Waals surface area (Å²) in [6, 6.07) is 10.8. The molecule has 7 heteroatoms. The summed E-state index contributed by atoms with van der Waals surface area (Å²) in [5, 5.41) is 3.42. The van der Waals surface area contributed by atoms with Crippen LogP contribution in [0.4, 0.5) is 13.2 Å². The van der Waals surface area contributed by atoms with E-state index in [1.807, 2.05) is 12.1 Å². The molecular formula is C19H23F3N2O2. The summed E-state index contributed by atoms with van der Waals surface area (Å²) < 4.78 is 46.8. The van der Waals surface area contributed by atoms with Gasteiger partial charge in [-0.15, -0.1) is 0 Å². The van der Waals surface area contributed by atoms with E-state index in [0.29, 0.717) is 6.54 Å². The third kappa shape index (κ3) is 5.51. The molecule has 1 N–H and O–H groups in total. The van der Waals surface area contributed by atoms with Crippen molar-refractivity contribution in [1.82, 2.24) is 10.2 Å². The van der Waals surface area contributed by atoms with Gasteiger partial charge in [0.1, 0.15) is 11.5 Å². The van der Waals surface area contributed by atoms with Gasteiger partial charge in [0.25, 0.3) is 0 Å². The fourth-order valence-electron chi connectivity index (χ4n) is 3.17. The second-order valence-electron chi connectivity index (χ2n) is 6.45. The molecule has 3 rings (SSSR count). The molecule has 0 bridgehead atoms. The van der Waals surface area contributed by atoms with E-state index in [1.165, 1.54) is 12.8 Å². The number of benzene rings is 1. The van der Waals surface area contributed by atoms with Crippen molar-refractivity contribution in [1.29, 1.82) is 0 Å². The highest BCUT2D eigenvalue weighted by atomic mass is 19.4. The molecule has 142 valence electrons. The fraction of sp³-hybridized carbons (Fsp3) is 0.474. The van der Waals surface area contributed by atoms with Gasteiger partial charge in [0.05, 0.1) is 12.3 Å². The smallest absolute Gasteiger partial charge is 0.422 e. The molecule has 1 aliphatic rings. The predicted molar refractivity (Wildman–Crippen MR) is 92.0 cm³/mol. The number of ether oxygens (including phenoxy) is 1. The average molecular weight is 368 g/mol. The molecule has 4 nitrogen and oxygen atoms in total. The normalized spacial score (nSPS) is 16.7. The first kappa shape index (κ1) is 18.8. The van der Waals surface area contributed by atoms with Crippen LogP contribution in [0.25, 0.3) is 0 Å². The fourth-order valence-corrected chi connectivity index (χ4v) is 3.17. The van der Waals surface area contributed by atoms with Crippen molar-refractivity contribution in [2.75, 3.05) is 26.2 Å². The first-order valence-corrected chi connectivity index (χ1v) is 8.78. The number of halogens is 3. The van der Waals surface area contributed by atoms with Crippen molar-refractivity contribution in [3.05, 3.63) is 54.0 Å². The van der Waals surface area contributed by atoms with Crippen LogP contribution in [-0.2, 0) is 6.54 Å². The summed E-state index contributed by atoms with van der Waals surface area (Å²) in [5.74, 6) is 1.17. The van der Waals surface area contributed by atoms with E-state index in [0.717, 1.165) is 31.0 Å². The van der Waals surface area contributed by atoms with Gasteiger partial charge >= 0.3 is 6.18 Å². The minimum atomic E-state index is -4.32. The van der Waals surface area contributed by atoms with Gasteiger partial charge in [0.2, 0.25) is 0 Å². The zero-order valence-electron chi connectivity index (χ0n) is 14.5. The predicted octanol–water partition coefficient (Wildman–Crippen LogP) is 4.15. The lowest BCUT2D eigenvalue weighted by Gasteiger charge is -2.26. The summed E-state index contributed by atoms with van der Waals surface area (Å²) in [5.41, 5.74) is 0.990. The van der Waals surface area contributed by atoms with E-state index < -0.39 is 12.8 Å². The molecule has 2 aromatic rings. The molecule has 1 aromatic carbocycles. The van der Waals surface area contributed by atoms with Crippen molar-refractivity contribution in [2.45, 2.75) is 31.6 Å². The summed E-state index contributed by atoms with van der Waals surface area (Å²) in [4.78, 5) is 2.42. The maximum atomic E-state index is 12.2. The van der Waals surface area contributed by atoms with Crippen LogP contribution in [0.3, 0.4) is 0 Å². The summed E-state index contributed by atoms with van der Waals surface area (Å²) >= 11 is 0. The molecule has 0 aliphatic carbocycles. The van der Waals surface area contributed by atoms with Gasteiger partial charge in [-0.3, -0.25) is 4.90 Å². The standard InChI is InChI=1S/C19H23F3N2O2/c20-19(21,22)14-26-16-7-5-15(6-8-16)12-23-13-17(18-4-3-11-25-18)24-9-1-2-10-24/h3-8,11,17,23H,1-2,9-10,12-14H2. The Kier molecular flexibility index (Phi) is 6.21. The van der Waals surface area contributed by atoms with E-state index in [2.05, 4.69) is 10.2 Å². The van der Waals surface area contributed by atoms with Crippen molar-refractivity contribution < 1.29 is 22.3 Å². The molecule has 2 heterocycles. The van der Waals surface area contributed by atoms with Gasteiger partial charge in [-0.1, -0.05) is 12.1 Å². The number of nitrogens with one attached hydrogen (secondary N) is 1. The number of hydrogen-bond donors (Lipinski definition) is 1. The molecule has 1 unspecified atom stereocenters. The number of hydrogen-bond acceptors (Lipinski definition) is 4. The van der Waals surface area contributed by atoms with Gasteiger partial charge in [-0.25, -0.2) is 0 Å². The van der Waals surface area contributed by atoms with Crippen LogP contribution in [-0.4, -0.2) is 37.3 Å². The Balaban J connectivity index is 1.50. The minimum Gasteiger partial charge on any atom is -0.484 e. The molecular weight excluding hydrogens is 345 g/mol. The Morgan fingerprint density at radius 2 is 1.85 bits per heavy atom. The van der Waals surface area contributed by atoms with Crippen molar-refractivity contribution in [2.24, 2.45) is 0 Å². The zero-order valence-corrected chi connectivity index (χ0v) is 14.5. The maximum Gasteiger partial charge on any atom is 0.422 e. The monoisotopic (exact) mass is 368 g/mol. The Labute approximate surface area is 150 Å². The molecule has 26 heavy (non-hydrogen) atoms. The van der Waals surface area contributed by atoms with Gasteiger partial charge in [-0.05, 0) is 55.8 Å². The quantitative estimate of drug-likeness (QED) is 0.760. The van der Waals surface area contributed by atoms with E-state index >= 15 is 0 Å². The maximum absolute atomic E-state index is 12.2. The van der Waals surface area contributed by atoms with Gasteiger partial charge < -0.3 is 14.5 Å². The SMILES string of the molecule is FC(F)(F)COc1ccc(CNCC(c2ccco2)N2CCCC2)cc1. The lowest BCUT2D eigenvalue weighted by atomic mass is 10.1. The van der Waals surface area contributed by atoms with Gasteiger partial charge in [0, 0.05) is 13.1 Å². The lowest BCUT2D eigenvalue weighted by molar-refractivity contribution is -0.153. The first-order chi connectivity index (χ1) is 12.5. The second kappa shape index (κ2) is 8.60. The third-order valence-corrected chi connectivity index (χ3v) is 4.45. The molecule has 1 aromatic heterocycles. The number of nitrogens with zero attached hydrogens (tertiary/aromatic N) is 1. The Morgan fingerprint density at radius 3 is 2.46 bits per heavy atom. The van der Waals surface area contributed by atoms with Crippen LogP contribution < -0.4 is 10.1 Å². The largest absolute Gasteiger partial charge is 0.484 e. The Hall–Kier alpha value is -1.99. The molecule has 1 fully saturated rings. The zero-order chi connectivity index (χ0) is 18.4. The van der Waals surface area contributed by atoms with Crippen LogP contribution in [0.15, 0.2) is 47.1 Å². The molecule has 1 atom stereocenters. The Morgan fingerprint density at radius 1 is 1.12 bits per heavy atom. The highest BCUT2D eigenvalue weighted by Gasteiger charge is 2.28. The van der Waals surface area contributed by atoms with Crippen LogP contribution >= 0.6 is 0 Å². The van der Waals surface area contributed by atoms with Crippen LogP contribution in [0.2, 0.25) is 0 Å². The van der Waals surface area contributed by atoms with Crippen molar-refractivity contribution >= 4 is 0 Å². The molecule has 0 radical (unpaired) electrons. The summed E-state index contributed by atoms with van der Waals surface area (Å²) in [7, 11) is 0. The molecule has 1 saturated heterocycles. The highest BCUT2D eigenvalue weighted by Crippen LogP contribution is 2.25. The van der Waals surface area contributed by atoms with Crippen LogP contribution in [0, 0.1) is 0 Å². The molecule has 0 spiro atoms. The van der Waals surface area contributed by atoms with Gasteiger partial charge in [-0.2, -0.15) is 13.2 Å². The number of furan rings is 1. The number of alkyl halides is 3. The van der Waals surface area contributed by atoms with Crippen molar-refractivity contribution in [3.8, 4) is 5.75 Å². The lowest BCUT2D eigenvalue weighted by Crippen LogP contribution is -2.33. The van der Waals surface area contributed by atoms with Crippen LogP contribution in [0.1, 0.15) is 30.2 Å². The second-order valence-corrected chi connectivity index (χ2v) is 6.45. The van der Waals surface area contributed by atoms with E-state index in [4.69, 9.17) is 9.15 Å². The number of rotatable bonds is 8. The molecule has 0 saturated carbocycles.